The zero-order valence-electron chi connectivity index (χ0n) is 10.0. The molecule has 0 aliphatic heterocycles. The van der Waals surface area contributed by atoms with Crippen molar-refractivity contribution in [2.24, 2.45) is 0 Å². The Morgan fingerprint density at radius 2 is 2.28 bits per heavy atom. The Kier molecular flexibility index (Phi) is 4.74. The molecule has 0 spiro atoms. The molecule has 96 valence electrons. The number of carbonyl (C=O) groups is 1. The molecule has 0 atom stereocenters. The van der Waals surface area contributed by atoms with Gasteiger partial charge in [-0.05, 0) is 66.5 Å². The maximum absolute atomic E-state index is 12.9. The van der Waals surface area contributed by atoms with E-state index in [9.17, 15) is 9.18 Å². The lowest BCUT2D eigenvalue weighted by atomic mass is 10.1. The first-order chi connectivity index (χ1) is 8.66. The SMILES string of the molecule is O=C(NCCC1=CCCC1)c1ccc(F)cc1I. The summed E-state index contributed by atoms with van der Waals surface area (Å²) in [5.74, 6) is -0.440. The first-order valence-electron chi connectivity index (χ1n) is 6.08. The Morgan fingerprint density at radius 1 is 1.44 bits per heavy atom. The summed E-state index contributed by atoms with van der Waals surface area (Å²) in [6, 6.07) is 4.22. The number of benzene rings is 1. The largest absolute Gasteiger partial charge is 0.352 e. The lowest BCUT2D eigenvalue weighted by molar-refractivity contribution is 0.0953. The highest BCUT2D eigenvalue weighted by molar-refractivity contribution is 14.1. The maximum Gasteiger partial charge on any atom is 0.252 e. The quantitative estimate of drug-likeness (QED) is 0.645. The third kappa shape index (κ3) is 3.54. The number of nitrogens with one attached hydrogen (secondary N) is 1. The van der Waals surface area contributed by atoms with Crippen LogP contribution in [0, 0.1) is 9.39 Å². The predicted molar refractivity (Wildman–Crippen MR) is 78.0 cm³/mol. The van der Waals surface area contributed by atoms with Gasteiger partial charge in [0.05, 0.1) is 5.56 Å². The fourth-order valence-corrected chi connectivity index (χ4v) is 2.79. The molecule has 1 aromatic rings. The van der Waals surface area contributed by atoms with Gasteiger partial charge in [0.25, 0.3) is 5.91 Å². The van der Waals surface area contributed by atoms with E-state index >= 15 is 0 Å². The summed E-state index contributed by atoms with van der Waals surface area (Å²) in [4.78, 5) is 11.9. The summed E-state index contributed by atoms with van der Waals surface area (Å²) in [5.41, 5.74) is 1.97. The van der Waals surface area contributed by atoms with E-state index in [0.717, 1.165) is 12.8 Å². The Labute approximate surface area is 120 Å². The second-order valence-electron chi connectivity index (χ2n) is 4.38. The van der Waals surface area contributed by atoms with Crippen LogP contribution in [0.2, 0.25) is 0 Å². The van der Waals surface area contributed by atoms with Gasteiger partial charge < -0.3 is 5.32 Å². The van der Waals surface area contributed by atoms with Crippen molar-refractivity contribution in [1.29, 1.82) is 0 Å². The van der Waals surface area contributed by atoms with Gasteiger partial charge in [-0.25, -0.2) is 4.39 Å². The first kappa shape index (κ1) is 13.5. The van der Waals surface area contributed by atoms with Crippen LogP contribution in [-0.2, 0) is 0 Å². The van der Waals surface area contributed by atoms with E-state index in [1.54, 1.807) is 0 Å². The lowest BCUT2D eigenvalue weighted by Crippen LogP contribution is -2.25. The van der Waals surface area contributed by atoms with Crippen LogP contribution in [0.25, 0.3) is 0 Å². The minimum Gasteiger partial charge on any atom is -0.352 e. The molecule has 0 unspecified atom stereocenters. The summed E-state index contributed by atoms with van der Waals surface area (Å²) < 4.78 is 13.6. The van der Waals surface area contributed by atoms with E-state index in [4.69, 9.17) is 0 Å². The number of carbonyl (C=O) groups excluding carboxylic acids is 1. The maximum atomic E-state index is 12.9. The molecule has 0 radical (unpaired) electrons. The summed E-state index contributed by atoms with van der Waals surface area (Å²) in [6.07, 6.45) is 6.74. The first-order valence-corrected chi connectivity index (χ1v) is 7.16. The second-order valence-corrected chi connectivity index (χ2v) is 5.55. The molecule has 1 aliphatic carbocycles. The van der Waals surface area contributed by atoms with Crippen molar-refractivity contribution in [2.75, 3.05) is 6.54 Å². The van der Waals surface area contributed by atoms with E-state index in [-0.39, 0.29) is 11.7 Å². The van der Waals surface area contributed by atoms with Gasteiger partial charge in [-0.2, -0.15) is 0 Å². The smallest absolute Gasteiger partial charge is 0.252 e. The Bertz CT molecular complexity index is 485. The molecule has 0 saturated carbocycles. The van der Waals surface area contributed by atoms with Crippen molar-refractivity contribution in [3.05, 3.63) is 44.8 Å². The fourth-order valence-electron chi connectivity index (χ4n) is 2.07. The summed E-state index contributed by atoms with van der Waals surface area (Å²) >= 11 is 1.98. The van der Waals surface area contributed by atoms with Crippen molar-refractivity contribution in [3.8, 4) is 0 Å². The monoisotopic (exact) mass is 359 g/mol. The van der Waals surface area contributed by atoms with Gasteiger partial charge in [-0.3, -0.25) is 4.79 Å². The number of allylic oxidation sites excluding steroid dienone is 1. The number of hydrogen-bond donors (Lipinski definition) is 1. The highest BCUT2D eigenvalue weighted by Crippen LogP contribution is 2.20. The van der Waals surface area contributed by atoms with E-state index < -0.39 is 0 Å². The summed E-state index contributed by atoms with van der Waals surface area (Å²) in [5, 5.41) is 2.88. The molecule has 1 amide bonds. The second kappa shape index (κ2) is 6.31. The van der Waals surface area contributed by atoms with Gasteiger partial charge in [-0.15, -0.1) is 0 Å². The van der Waals surface area contributed by atoms with Crippen molar-refractivity contribution >= 4 is 28.5 Å². The molecule has 2 rings (SSSR count). The van der Waals surface area contributed by atoms with Gasteiger partial charge in [0.15, 0.2) is 0 Å². The molecule has 0 saturated heterocycles. The Balaban J connectivity index is 1.87. The van der Waals surface area contributed by atoms with Crippen LogP contribution < -0.4 is 5.32 Å². The molecule has 18 heavy (non-hydrogen) atoms. The average molecular weight is 359 g/mol. The van der Waals surface area contributed by atoms with Crippen LogP contribution in [0.3, 0.4) is 0 Å². The summed E-state index contributed by atoms with van der Waals surface area (Å²) in [6.45, 7) is 0.651. The molecule has 4 heteroatoms. The third-order valence-electron chi connectivity index (χ3n) is 3.04. The van der Waals surface area contributed by atoms with E-state index in [1.807, 2.05) is 22.6 Å². The minimum atomic E-state index is -0.313. The fraction of sp³-hybridized carbons (Fsp3) is 0.357. The topological polar surface area (TPSA) is 29.1 Å². The standard InChI is InChI=1S/C14H15FINO/c15-11-5-6-12(13(16)9-11)14(18)17-8-7-10-3-1-2-4-10/h3,5-6,9H,1-2,4,7-8H2,(H,17,18). The molecule has 0 aromatic heterocycles. The number of rotatable bonds is 4. The van der Waals surface area contributed by atoms with Crippen molar-refractivity contribution in [1.82, 2.24) is 5.32 Å². The molecule has 1 N–H and O–H groups in total. The summed E-state index contributed by atoms with van der Waals surface area (Å²) in [7, 11) is 0. The van der Waals surface area contributed by atoms with Crippen molar-refractivity contribution in [3.63, 3.8) is 0 Å². The van der Waals surface area contributed by atoms with Gasteiger partial charge in [0, 0.05) is 10.1 Å². The molecule has 1 aliphatic rings. The number of halogens is 2. The predicted octanol–water partition coefficient (Wildman–Crippen LogP) is 3.66. The van der Waals surface area contributed by atoms with Gasteiger partial charge in [-0.1, -0.05) is 11.6 Å². The number of amides is 1. The van der Waals surface area contributed by atoms with Gasteiger partial charge >= 0.3 is 0 Å². The lowest BCUT2D eigenvalue weighted by Gasteiger charge is -2.07. The molecular weight excluding hydrogens is 344 g/mol. The van der Waals surface area contributed by atoms with Crippen LogP contribution in [0.4, 0.5) is 4.39 Å². The molecule has 1 aromatic carbocycles. The Hall–Kier alpha value is -0.910. The zero-order chi connectivity index (χ0) is 13.0. The van der Waals surface area contributed by atoms with Crippen LogP contribution in [-0.4, -0.2) is 12.5 Å². The molecular formula is C14H15FINO. The molecule has 2 nitrogen and oxygen atoms in total. The van der Waals surface area contributed by atoms with Crippen LogP contribution in [0.5, 0.6) is 0 Å². The van der Waals surface area contributed by atoms with Crippen LogP contribution in [0.1, 0.15) is 36.0 Å². The van der Waals surface area contributed by atoms with Crippen LogP contribution >= 0.6 is 22.6 Å². The minimum absolute atomic E-state index is 0.127. The highest BCUT2D eigenvalue weighted by atomic mass is 127. The van der Waals surface area contributed by atoms with Crippen LogP contribution in [0.15, 0.2) is 29.8 Å². The zero-order valence-corrected chi connectivity index (χ0v) is 12.2. The Morgan fingerprint density at radius 3 is 2.94 bits per heavy atom. The van der Waals surface area contributed by atoms with Crippen molar-refractivity contribution < 1.29 is 9.18 Å². The molecule has 0 bridgehead atoms. The van der Waals surface area contributed by atoms with Gasteiger partial charge in [0.1, 0.15) is 5.82 Å². The number of hydrogen-bond acceptors (Lipinski definition) is 1. The van der Waals surface area contributed by atoms with Crippen molar-refractivity contribution in [2.45, 2.75) is 25.7 Å². The van der Waals surface area contributed by atoms with E-state index in [2.05, 4.69) is 11.4 Å². The van der Waals surface area contributed by atoms with Gasteiger partial charge in [0.2, 0.25) is 0 Å². The van der Waals surface area contributed by atoms with E-state index in [0.29, 0.717) is 15.7 Å². The molecule has 0 heterocycles. The average Bonchev–Trinajstić information content (AvgIpc) is 2.81. The normalized spacial score (nSPS) is 14.4. The third-order valence-corrected chi connectivity index (χ3v) is 3.93. The molecule has 0 fully saturated rings. The van der Waals surface area contributed by atoms with E-state index in [1.165, 1.54) is 36.6 Å². The highest BCUT2D eigenvalue weighted by Gasteiger charge is 2.11.